The van der Waals surface area contributed by atoms with E-state index in [1.807, 2.05) is 42.2 Å². The molecule has 4 amide bonds. The van der Waals surface area contributed by atoms with Gasteiger partial charge in [-0.2, -0.15) is 0 Å². The first-order valence-electron chi connectivity index (χ1n) is 17.7. The number of H-pyrrole nitrogens is 2. The van der Waals surface area contributed by atoms with Gasteiger partial charge in [0, 0.05) is 23.5 Å². The molecule has 3 aromatic carbocycles. The second-order valence-corrected chi connectivity index (χ2v) is 13.8. The molecule has 1 aliphatic heterocycles. The largest absolute Gasteiger partial charge is 0.453 e. The molecule has 2 aliphatic rings. The number of hydrogen-bond acceptors (Lipinski definition) is 8. The maximum Gasteiger partial charge on any atom is 0.407 e. The number of carbonyl (C=O) groups is 4. The number of amides is 4. The molecule has 5 aromatic rings. The van der Waals surface area contributed by atoms with Crippen LogP contribution in [0, 0.1) is 5.92 Å². The molecule has 3 atom stereocenters. The summed E-state index contributed by atoms with van der Waals surface area (Å²) >= 11 is 6.58. The minimum atomic E-state index is -0.670. The molecule has 0 radical (unpaired) electrons. The van der Waals surface area contributed by atoms with E-state index in [9.17, 15) is 19.2 Å². The Morgan fingerprint density at radius 1 is 0.906 bits per heavy atom. The van der Waals surface area contributed by atoms with E-state index in [-0.39, 0.29) is 43.5 Å². The predicted octanol–water partition coefficient (Wildman–Crippen LogP) is 5.93. The van der Waals surface area contributed by atoms with Crippen molar-refractivity contribution < 1.29 is 28.7 Å². The topological polar surface area (TPSA) is 175 Å². The number of rotatable bonds is 11. The number of benzene rings is 3. The van der Waals surface area contributed by atoms with Crippen molar-refractivity contribution in [3.63, 3.8) is 0 Å². The van der Waals surface area contributed by atoms with Crippen LogP contribution in [0.4, 0.5) is 9.59 Å². The normalized spacial score (nSPS) is 17.7. The standard InChI is InChI=1S/C38H41ClN8O6/c1-4-15-46(30(48)18-40-37(50)52-2)20-29-43-32(35(39)44-29)22-7-5-21(6-8-22)23-10-13-27-24(16-23)11-14-28-33(27)45-36(42-28)34-25-9-12-26(17-25)47(34)31(49)19-41-38(51)53-3/h5-8,10-11,13-14,16,25-26,34H,4,9,12,15,17-20H2,1-3H3,(H,40,50)(H,41,51)(H,42,45)(H,43,44)/t25-,26+,34-/m0/s1. The van der Waals surface area contributed by atoms with Crippen LogP contribution in [0.2, 0.25) is 5.15 Å². The summed E-state index contributed by atoms with van der Waals surface area (Å²) < 4.78 is 9.21. The molecule has 276 valence electrons. The van der Waals surface area contributed by atoms with E-state index in [1.165, 1.54) is 14.2 Å². The highest BCUT2D eigenvalue weighted by Gasteiger charge is 2.49. The molecule has 2 bridgehead atoms. The zero-order valence-electron chi connectivity index (χ0n) is 29.7. The fourth-order valence-corrected chi connectivity index (χ4v) is 7.97. The lowest BCUT2D eigenvalue weighted by Crippen LogP contribution is -2.45. The lowest BCUT2D eigenvalue weighted by atomic mass is 9.98. The van der Waals surface area contributed by atoms with Gasteiger partial charge in [-0.25, -0.2) is 19.6 Å². The quantitative estimate of drug-likeness (QED) is 0.129. The lowest BCUT2D eigenvalue weighted by Gasteiger charge is -2.34. The van der Waals surface area contributed by atoms with E-state index in [1.54, 1.807) is 4.90 Å². The van der Waals surface area contributed by atoms with Gasteiger partial charge in [-0.05, 0) is 60.2 Å². The fraction of sp³-hybridized carbons (Fsp3) is 0.368. The molecular weight excluding hydrogens is 700 g/mol. The van der Waals surface area contributed by atoms with Crippen molar-refractivity contribution in [3.8, 4) is 22.4 Å². The van der Waals surface area contributed by atoms with E-state index in [0.717, 1.165) is 70.0 Å². The van der Waals surface area contributed by atoms with Gasteiger partial charge in [0.2, 0.25) is 11.8 Å². The van der Waals surface area contributed by atoms with Crippen LogP contribution in [0.25, 0.3) is 44.2 Å². The van der Waals surface area contributed by atoms with E-state index in [2.05, 4.69) is 54.3 Å². The highest BCUT2D eigenvalue weighted by atomic mass is 35.5. The molecule has 1 aliphatic carbocycles. The summed E-state index contributed by atoms with van der Waals surface area (Å²) in [7, 11) is 2.52. The van der Waals surface area contributed by atoms with E-state index < -0.39 is 12.2 Å². The predicted molar refractivity (Wildman–Crippen MR) is 199 cm³/mol. The molecule has 4 N–H and O–H groups in total. The second kappa shape index (κ2) is 15.2. The number of nitrogens with one attached hydrogen (secondary N) is 4. The fourth-order valence-electron chi connectivity index (χ4n) is 7.71. The van der Waals surface area contributed by atoms with Crippen molar-refractivity contribution in [2.24, 2.45) is 5.92 Å². The van der Waals surface area contributed by atoms with Gasteiger partial charge in [-0.15, -0.1) is 0 Å². The number of methoxy groups -OCH3 is 2. The Balaban J connectivity index is 1.08. The Morgan fingerprint density at radius 2 is 1.62 bits per heavy atom. The SMILES string of the molecule is CCCN(Cc1nc(-c2ccc(-c3ccc4c(ccc5[nH]c([C@@H]6[C@H]7CC[C@H](C7)N6C(=O)CNC(=O)OC)nc54)c3)cc2)c(Cl)[nH]1)C(=O)CNC(=O)OC. The zero-order chi connectivity index (χ0) is 37.2. The molecule has 53 heavy (non-hydrogen) atoms. The Hall–Kier alpha value is -5.63. The van der Waals surface area contributed by atoms with Gasteiger partial charge >= 0.3 is 12.2 Å². The molecule has 3 heterocycles. The van der Waals surface area contributed by atoms with E-state index >= 15 is 0 Å². The maximum atomic E-state index is 13.3. The average molecular weight is 741 g/mol. The number of aromatic nitrogens is 4. The monoisotopic (exact) mass is 740 g/mol. The van der Waals surface area contributed by atoms with Crippen molar-refractivity contribution in [2.75, 3.05) is 33.9 Å². The van der Waals surface area contributed by atoms with Gasteiger partial charge in [0.25, 0.3) is 0 Å². The van der Waals surface area contributed by atoms with Gasteiger partial charge in [0.05, 0.1) is 37.8 Å². The van der Waals surface area contributed by atoms with Crippen LogP contribution in [0.5, 0.6) is 0 Å². The van der Waals surface area contributed by atoms with Gasteiger partial charge in [-0.3, -0.25) is 9.59 Å². The number of nitrogens with zero attached hydrogens (tertiary/aromatic N) is 4. The number of ether oxygens (including phenoxy) is 2. The molecule has 0 spiro atoms. The van der Waals surface area contributed by atoms with Crippen LogP contribution < -0.4 is 10.6 Å². The van der Waals surface area contributed by atoms with Crippen LogP contribution in [-0.2, 0) is 25.6 Å². The number of likely N-dealkylation sites (tertiary alicyclic amines) is 1. The highest BCUT2D eigenvalue weighted by molar-refractivity contribution is 6.31. The Labute approximate surface area is 310 Å². The molecule has 7 rings (SSSR count). The molecule has 2 fully saturated rings. The van der Waals surface area contributed by atoms with Crippen molar-refractivity contribution in [1.82, 2.24) is 40.4 Å². The first-order valence-corrected chi connectivity index (χ1v) is 18.0. The maximum absolute atomic E-state index is 13.3. The smallest absolute Gasteiger partial charge is 0.407 e. The van der Waals surface area contributed by atoms with Gasteiger partial charge in [0.15, 0.2) is 0 Å². The minimum Gasteiger partial charge on any atom is -0.453 e. The van der Waals surface area contributed by atoms with Crippen molar-refractivity contribution in [2.45, 2.75) is 51.2 Å². The Morgan fingerprint density at radius 3 is 2.36 bits per heavy atom. The second-order valence-electron chi connectivity index (χ2n) is 13.4. The third kappa shape index (κ3) is 7.23. The van der Waals surface area contributed by atoms with Crippen LogP contribution in [0.1, 0.15) is 50.3 Å². The molecule has 15 heteroatoms. The number of hydrogen-bond donors (Lipinski definition) is 4. The Kier molecular flexibility index (Phi) is 10.2. The number of aromatic amines is 2. The third-order valence-electron chi connectivity index (χ3n) is 10.2. The Bertz CT molecular complexity index is 2180. The van der Waals surface area contributed by atoms with Crippen LogP contribution in [0.15, 0.2) is 54.6 Å². The van der Waals surface area contributed by atoms with Gasteiger partial charge in [-0.1, -0.05) is 61.0 Å². The number of alkyl carbamates (subject to hydrolysis) is 2. The van der Waals surface area contributed by atoms with E-state index in [0.29, 0.717) is 29.1 Å². The highest BCUT2D eigenvalue weighted by Crippen LogP contribution is 2.50. The first-order chi connectivity index (χ1) is 25.7. The third-order valence-corrected chi connectivity index (χ3v) is 10.4. The molecule has 14 nitrogen and oxygen atoms in total. The van der Waals surface area contributed by atoms with Gasteiger partial charge in [0.1, 0.15) is 35.6 Å². The molecule has 0 unspecified atom stereocenters. The van der Waals surface area contributed by atoms with Crippen molar-refractivity contribution >= 4 is 57.4 Å². The summed E-state index contributed by atoms with van der Waals surface area (Å²) in [5.74, 6) is 1.22. The summed E-state index contributed by atoms with van der Waals surface area (Å²) in [6, 6.07) is 18.3. The summed E-state index contributed by atoms with van der Waals surface area (Å²) in [4.78, 5) is 69.0. The van der Waals surface area contributed by atoms with Crippen LogP contribution in [-0.4, -0.2) is 93.6 Å². The molecular formula is C38H41ClN8O6. The number of carbonyl (C=O) groups excluding carboxylic acids is 4. The zero-order valence-corrected chi connectivity index (χ0v) is 30.5. The lowest BCUT2D eigenvalue weighted by molar-refractivity contribution is -0.135. The molecule has 1 saturated heterocycles. The van der Waals surface area contributed by atoms with Crippen LogP contribution in [0.3, 0.4) is 0 Å². The van der Waals surface area contributed by atoms with Gasteiger partial charge < -0.3 is 39.9 Å². The van der Waals surface area contributed by atoms with Crippen molar-refractivity contribution in [3.05, 3.63) is 71.4 Å². The minimum absolute atomic E-state index is 0.117. The summed E-state index contributed by atoms with van der Waals surface area (Å²) in [6.45, 7) is 2.37. The number of piperidine rings is 1. The summed E-state index contributed by atoms with van der Waals surface area (Å²) in [5, 5.41) is 7.36. The molecule has 1 saturated carbocycles. The van der Waals surface area contributed by atoms with E-state index in [4.69, 9.17) is 21.6 Å². The molecule has 2 aromatic heterocycles. The number of halogens is 1. The number of fused-ring (bicyclic) bond motifs is 5. The summed E-state index contributed by atoms with van der Waals surface area (Å²) in [6.07, 6.45) is 2.35. The first kappa shape index (κ1) is 35.8. The van der Waals surface area contributed by atoms with Crippen molar-refractivity contribution in [1.29, 1.82) is 0 Å². The summed E-state index contributed by atoms with van der Waals surface area (Å²) in [5.41, 5.74) is 5.20. The number of imidazole rings is 2. The van der Waals surface area contributed by atoms with Crippen LogP contribution >= 0.6 is 11.6 Å². The average Bonchev–Trinajstić information content (AvgIpc) is 3.99.